The van der Waals surface area contributed by atoms with Gasteiger partial charge in [-0.2, -0.15) is 10.2 Å². The molecule has 2 aromatic carbocycles. The average Bonchev–Trinajstić information content (AvgIpc) is 3.29. The average molecular weight is 499 g/mol. The number of nitrogens with zero attached hydrogens (tertiary/aromatic N) is 5. The van der Waals surface area contributed by atoms with Crippen LogP contribution in [0.25, 0.3) is 22.3 Å². The van der Waals surface area contributed by atoms with E-state index in [4.69, 9.17) is 4.74 Å². The van der Waals surface area contributed by atoms with Gasteiger partial charge in [0, 0.05) is 49.7 Å². The summed E-state index contributed by atoms with van der Waals surface area (Å²) in [5.41, 5.74) is 6.47. The van der Waals surface area contributed by atoms with Gasteiger partial charge in [0.15, 0.2) is 0 Å². The molecule has 0 saturated heterocycles. The standard InChI is InChI=1S/C29H34N6O2/c1-20-6-7-26(37-11-10-33(2)3)15-27(20)28(36)32-29(8-9-29)25-13-21(23-16-30-34(4)18-23)12-22(14-25)24-17-31-35(5)19-24/h6-7,12-19H,8-11H2,1-5H3,(H,32,36). The lowest BCUT2D eigenvalue weighted by Crippen LogP contribution is -2.35. The molecule has 1 amide bonds. The Kier molecular flexibility index (Phi) is 6.60. The number of hydrogen-bond acceptors (Lipinski definition) is 5. The highest BCUT2D eigenvalue weighted by atomic mass is 16.5. The minimum absolute atomic E-state index is 0.0808. The van der Waals surface area contributed by atoms with Crippen molar-refractivity contribution in [1.82, 2.24) is 29.8 Å². The van der Waals surface area contributed by atoms with E-state index in [1.54, 1.807) is 9.36 Å². The van der Waals surface area contributed by atoms with E-state index in [2.05, 4.69) is 38.6 Å². The van der Waals surface area contributed by atoms with Crippen LogP contribution in [0.1, 0.15) is 34.3 Å². The summed E-state index contributed by atoms with van der Waals surface area (Å²) in [6.07, 6.45) is 9.54. The number of aryl methyl sites for hydroxylation is 3. The van der Waals surface area contributed by atoms with Gasteiger partial charge >= 0.3 is 0 Å². The van der Waals surface area contributed by atoms with E-state index in [0.717, 1.165) is 52.8 Å². The number of hydrogen-bond donors (Lipinski definition) is 1. The Hall–Kier alpha value is -3.91. The maximum absolute atomic E-state index is 13.5. The van der Waals surface area contributed by atoms with Crippen LogP contribution in [0.4, 0.5) is 0 Å². The molecule has 5 rings (SSSR count). The highest BCUT2D eigenvalue weighted by molar-refractivity contribution is 5.97. The minimum atomic E-state index is -0.402. The highest BCUT2D eigenvalue weighted by Crippen LogP contribution is 2.48. The third kappa shape index (κ3) is 5.44. The van der Waals surface area contributed by atoms with E-state index >= 15 is 0 Å². The number of ether oxygens (including phenoxy) is 1. The van der Waals surface area contributed by atoms with Crippen LogP contribution in [0.5, 0.6) is 5.75 Å². The fourth-order valence-corrected chi connectivity index (χ4v) is 4.55. The van der Waals surface area contributed by atoms with E-state index in [-0.39, 0.29) is 5.91 Å². The van der Waals surface area contributed by atoms with Crippen LogP contribution in [-0.2, 0) is 19.6 Å². The maximum Gasteiger partial charge on any atom is 0.252 e. The van der Waals surface area contributed by atoms with Gasteiger partial charge in [-0.15, -0.1) is 0 Å². The van der Waals surface area contributed by atoms with Crippen LogP contribution < -0.4 is 10.1 Å². The van der Waals surface area contributed by atoms with E-state index in [0.29, 0.717) is 17.9 Å². The van der Waals surface area contributed by atoms with Crippen LogP contribution in [-0.4, -0.2) is 57.6 Å². The van der Waals surface area contributed by atoms with E-state index in [9.17, 15) is 4.79 Å². The van der Waals surface area contributed by atoms with Crippen LogP contribution in [0.2, 0.25) is 0 Å². The number of carbonyl (C=O) groups is 1. The third-order valence-corrected chi connectivity index (χ3v) is 6.93. The second kappa shape index (κ2) is 9.86. The van der Waals surface area contributed by atoms with Gasteiger partial charge in [0.25, 0.3) is 5.91 Å². The SMILES string of the molecule is Cc1ccc(OCCN(C)C)cc1C(=O)NC1(c2cc(-c3cnn(C)c3)cc(-c3cnn(C)c3)c2)CC1. The summed E-state index contributed by atoms with van der Waals surface area (Å²) < 4.78 is 9.49. The molecule has 1 N–H and O–H groups in total. The van der Waals surface area contributed by atoms with Crippen molar-refractivity contribution < 1.29 is 9.53 Å². The Balaban J connectivity index is 1.45. The van der Waals surface area contributed by atoms with Crippen molar-refractivity contribution in [2.45, 2.75) is 25.3 Å². The van der Waals surface area contributed by atoms with Crippen molar-refractivity contribution in [3.63, 3.8) is 0 Å². The molecule has 0 unspecified atom stereocenters. The molecule has 192 valence electrons. The number of nitrogens with one attached hydrogen (secondary N) is 1. The molecule has 1 fully saturated rings. The zero-order chi connectivity index (χ0) is 26.2. The molecule has 2 aromatic heterocycles. The predicted molar refractivity (Wildman–Crippen MR) is 144 cm³/mol. The van der Waals surface area contributed by atoms with Gasteiger partial charge in [-0.05, 0) is 86.4 Å². The topological polar surface area (TPSA) is 77.2 Å². The van der Waals surface area contributed by atoms with Crippen molar-refractivity contribution in [2.75, 3.05) is 27.2 Å². The zero-order valence-electron chi connectivity index (χ0n) is 22.2. The smallest absolute Gasteiger partial charge is 0.252 e. The maximum atomic E-state index is 13.5. The first kappa shape index (κ1) is 24.8. The van der Waals surface area contributed by atoms with Gasteiger partial charge in [0.1, 0.15) is 12.4 Å². The van der Waals surface area contributed by atoms with E-state index in [1.165, 1.54) is 0 Å². The number of rotatable bonds is 9. The summed E-state index contributed by atoms with van der Waals surface area (Å²) in [5, 5.41) is 12.1. The quantitative estimate of drug-likeness (QED) is 0.375. The summed E-state index contributed by atoms with van der Waals surface area (Å²) in [6, 6.07) is 12.2. The first-order valence-corrected chi connectivity index (χ1v) is 12.6. The molecule has 0 spiro atoms. The van der Waals surface area contributed by atoms with Crippen LogP contribution in [0.3, 0.4) is 0 Å². The Morgan fingerprint density at radius 3 is 2.11 bits per heavy atom. The fourth-order valence-electron chi connectivity index (χ4n) is 4.55. The highest BCUT2D eigenvalue weighted by Gasteiger charge is 2.46. The molecule has 0 radical (unpaired) electrons. The Morgan fingerprint density at radius 1 is 0.973 bits per heavy atom. The molecule has 8 nitrogen and oxygen atoms in total. The number of aromatic nitrogens is 4. The Bertz CT molecular complexity index is 1370. The van der Waals surface area contributed by atoms with Crippen LogP contribution in [0, 0.1) is 6.92 Å². The van der Waals surface area contributed by atoms with Crippen molar-refractivity contribution in [2.24, 2.45) is 14.1 Å². The lowest BCUT2D eigenvalue weighted by molar-refractivity contribution is 0.0929. The van der Waals surface area contributed by atoms with Crippen molar-refractivity contribution in [1.29, 1.82) is 0 Å². The Labute approximate surface area is 217 Å². The number of amides is 1. The zero-order valence-corrected chi connectivity index (χ0v) is 22.2. The molecule has 1 aliphatic rings. The summed E-state index contributed by atoms with van der Waals surface area (Å²) in [7, 11) is 7.85. The first-order valence-electron chi connectivity index (χ1n) is 12.6. The molecule has 0 atom stereocenters. The second-order valence-electron chi connectivity index (χ2n) is 10.3. The molecule has 0 bridgehead atoms. The predicted octanol–water partition coefficient (Wildman–Crippen LogP) is 4.16. The Morgan fingerprint density at radius 2 is 1.59 bits per heavy atom. The van der Waals surface area contributed by atoms with E-state index < -0.39 is 5.54 Å². The number of benzene rings is 2. The summed E-state index contributed by atoms with van der Waals surface area (Å²) in [6.45, 7) is 3.34. The van der Waals surface area contributed by atoms with Crippen LogP contribution in [0.15, 0.2) is 61.2 Å². The van der Waals surface area contributed by atoms with Gasteiger partial charge in [-0.3, -0.25) is 14.2 Å². The molecule has 4 aromatic rings. The lowest BCUT2D eigenvalue weighted by atomic mass is 9.94. The fraction of sp³-hybridized carbons (Fsp3) is 0.345. The molecule has 8 heteroatoms. The van der Waals surface area contributed by atoms with Gasteiger partial charge in [-0.1, -0.05) is 6.07 Å². The molecule has 37 heavy (non-hydrogen) atoms. The lowest BCUT2D eigenvalue weighted by Gasteiger charge is -2.21. The molecule has 1 aliphatic carbocycles. The molecule has 2 heterocycles. The third-order valence-electron chi connectivity index (χ3n) is 6.93. The summed E-state index contributed by atoms with van der Waals surface area (Å²) in [4.78, 5) is 15.6. The molecular weight excluding hydrogens is 464 g/mol. The van der Waals surface area contributed by atoms with Crippen molar-refractivity contribution in [3.05, 3.63) is 77.9 Å². The van der Waals surface area contributed by atoms with Gasteiger partial charge in [0.05, 0.1) is 17.9 Å². The number of likely N-dealkylation sites (N-methyl/N-ethyl adjacent to an activating group) is 1. The second-order valence-corrected chi connectivity index (χ2v) is 10.3. The summed E-state index contributed by atoms with van der Waals surface area (Å²) in [5.74, 6) is 0.627. The van der Waals surface area contributed by atoms with Gasteiger partial charge in [0.2, 0.25) is 0 Å². The van der Waals surface area contributed by atoms with Crippen molar-refractivity contribution in [3.8, 4) is 28.0 Å². The van der Waals surface area contributed by atoms with Gasteiger partial charge in [-0.25, -0.2) is 0 Å². The molecule has 0 aliphatic heterocycles. The monoisotopic (exact) mass is 498 g/mol. The number of carbonyl (C=O) groups excluding carboxylic acids is 1. The first-order chi connectivity index (χ1) is 17.7. The summed E-state index contributed by atoms with van der Waals surface area (Å²) >= 11 is 0. The normalized spacial score (nSPS) is 14.1. The molecular formula is C29H34N6O2. The van der Waals surface area contributed by atoms with E-state index in [1.807, 2.05) is 78.1 Å². The minimum Gasteiger partial charge on any atom is -0.492 e. The van der Waals surface area contributed by atoms with Crippen LogP contribution >= 0.6 is 0 Å². The van der Waals surface area contributed by atoms with Gasteiger partial charge < -0.3 is 15.0 Å². The molecule has 1 saturated carbocycles. The largest absolute Gasteiger partial charge is 0.492 e. The van der Waals surface area contributed by atoms with Crippen molar-refractivity contribution >= 4 is 5.91 Å².